The van der Waals surface area contributed by atoms with Gasteiger partial charge in [0.25, 0.3) is 0 Å². The van der Waals surface area contributed by atoms with E-state index in [1.54, 1.807) is 12.3 Å². The van der Waals surface area contributed by atoms with E-state index in [0.29, 0.717) is 11.3 Å². The Labute approximate surface area is 148 Å². The topological polar surface area (TPSA) is 39.2 Å². The fourth-order valence-corrected chi connectivity index (χ4v) is 3.44. The number of aromatic nitrogens is 1. The minimum absolute atomic E-state index is 0.532. The molecule has 0 spiro atoms. The van der Waals surface area contributed by atoms with Crippen molar-refractivity contribution in [3.8, 4) is 11.3 Å². The van der Waals surface area contributed by atoms with Crippen LogP contribution in [0.2, 0.25) is 0 Å². The summed E-state index contributed by atoms with van der Waals surface area (Å²) in [7, 11) is 0. The van der Waals surface area contributed by atoms with E-state index in [9.17, 15) is 0 Å². The largest absolute Gasteiger partial charge is 0.456 e. The Hall–Kier alpha value is -2.81. The molecule has 124 valence electrons. The van der Waals surface area contributed by atoms with Crippen LogP contribution in [-0.4, -0.2) is 4.98 Å². The summed E-state index contributed by atoms with van der Waals surface area (Å²) in [5.41, 5.74) is 4.73. The Morgan fingerprint density at radius 2 is 1.72 bits per heavy atom. The number of benzene rings is 2. The zero-order valence-electron chi connectivity index (χ0n) is 16.4. The molecule has 3 aromatic heterocycles. The third-order valence-electron chi connectivity index (χ3n) is 4.34. The summed E-state index contributed by atoms with van der Waals surface area (Å²) in [4.78, 5) is 4.50. The highest BCUT2D eigenvalue weighted by atomic mass is 16.4. The van der Waals surface area contributed by atoms with Gasteiger partial charge in [-0.2, -0.15) is 0 Å². The van der Waals surface area contributed by atoms with Crippen molar-refractivity contribution in [1.29, 1.82) is 0 Å². The molecule has 0 bridgehead atoms. The van der Waals surface area contributed by atoms with Crippen LogP contribution in [0.25, 0.3) is 44.4 Å². The zero-order chi connectivity index (χ0) is 19.0. The number of hydrogen-bond donors (Lipinski definition) is 0. The third kappa shape index (κ3) is 2.23. The minimum Gasteiger partial charge on any atom is -0.456 e. The summed E-state index contributed by atoms with van der Waals surface area (Å²) < 4.78 is 29.2. The van der Waals surface area contributed by atoms with Crippen LogP contribution >= 0.6 is 0 Å². The van der Waals surface area contributed by atoms with Crippen LogP contribution in [0.5, 0.6) is 0 Å². The van der Waals surface area contributed by atoms with Crippen LogP contribution in [0.3, 0.4) is 0 Å². The molecule has 2 aromatic carbocycles. The first-order valence-corrected chi connectivity index (χ1v) is 8.40. The van der Waals surface area contributed by atoms with Crippen LogP contribution in [0, 0.1) is 5.41 Å². The second-order valence-electron chi connectivity index (χ2n) is 7.45. The number of rotatable bonds is 2. The molecule has 0 aliphatic rings. The highest BCUT2D eigenvalue weighted by molar-refractivity contribution is 6.22. The van der Waals surface area contributed by atoms with Gasteiger partial charge in [0.15, 0.2) is 0 Å². The molecule has 0 atom stereocenters. The Morgan fingerprint density at radius 1 is 0.960 bits per heavy atom. The maximum absolute atomic E-state index is 8.57. The standard InChI is InChI=1S/C22H19NO2/c1-22(2,3)12-13-9-10-23-15(11-13)14-7-8-18-20-19-16(24-18)5-4-6-17(19)25-21(14)20/h4-11H,12H2,1-3H3/i12D2. The van der Waals surface area contributed by atoms with Gasteiger partial charge >= 0.3 is 0 Å². The van der Waals surface area contributed by atoms with E-state index in [1.807, 2.05) is 57.2 Å². The SMILES string of the molecule is [2H]C([2H])(c1ccnc(-c2ccc3oc4cccc5oc2c3c45)c1)C(C)(C)C. The average molecular weight is 331 g/mol. The molecule has 0 N–H and O–H groups in total. The van der Waals surface area contributed by atoms with E-state index >= 15 is 0 Å². The molecule has 0 saturated carbocycles. The molecule has 0 aliphatic heterocycles. The van der Waals surface area contributed by atoms with E-state index in [-0.39, 0.29) is 0 Å². The van der Waals surface area contributed by atoms with Crippen molar-refractivity contribution in [3.63, 3.8) is 0 Å². The van der Waals surface area contributed by atoms with Crippen LogP contribution in [0.1, 0.15) is 29.1 Å². The maximum atomic E-state index is 8.57. The molecule has 0 amide bonds. The van der Waals surface area contributed by atoms with E-state index in [1.165, 1.54) is 0 Å². The van der Waals surface area contributed by atoms with Gasteiger partial charge in [0.05, 0.1) is 16.5 Å². The Morgan fingerprint density at radius 3 is 2.52 bits per heavy atom. The average Bonchev–Trinajstić information content (AvgIpc) is 3.20. The third-order valence-corrected chi connectivity index (χ3v) is 4.34. The highest BCUT2D eigenvalue weighted by Crippen LogP contribution is 2.42. The first-order valence-electron chi connectivity index (χ1n) is 9.40. The number of furan rings is 2. The predicted molar refractivity (Wildman–Crippen MR) is 101 cm³/mol. The molecule has 0 radical (unpaired) electrons. The molecule has 0 fully saturated rings. The minimum atomic E-state index is -1.48. The summed E-state index contributed by atoms with van der Waals surface area (Å²) >= 11 is 0. The zero-order valence-corrected chi connectivity index (χ0v) is 14.4. The van der Waals surface area contributed by atoms with Gasteiger partial charge in [0, 0.05) is 14.5 Å². The molecule has 5 rings (SSSR count). The quantitative estimate of drug-likeness (QED) is 0.374. The maximum Gasteiger partial charge on any atom is 0.148 e. The van der Waals surface area contributed by atoms with Gasteiger partial charge in [-0.3, -0.25) is 4.98 Å². The molecule has 3 nitrogen and oxygen atoms in total. The first kappa shape index (κ1) is 12.5. The van der Waals surface area contributed by atoms with E-state index in [0.717, 1.165) is 38.7 Å². The Balaban J connectivity index is 1.76. The Kier molecular flexibility index (Phi) is 2.43. The van der Waals surface area contributed by atoms with Crippen LogP contribution in [0.4, 0.5) is 0 Å². The predicted octanol–water partition coefficient (Wildman–Crippen LogP) is 6.42. The van der Waals surface area contributed by atoms with Crippen molar-refractivity contribution in [1.82, 2.24) is 4.98 Å². The molecular formula is C22H19NO2. The van der Waals surface area contributed by atoms with Crippen LogP contribution in [-0.2, 0) is 6.37 Å². The van der Waals surface area contributed by atoms with Crippen molar-refractivity contribution in [2.75, 3.05) is 0 Å². The lowest BCUT2D eigenvalue weighted by molar-refractivity contribution is 0.411. The molecule has 0 unspecified atom stereocenters. The van der Waals surface area contributed by atoms with Crippen molar-refractivity contribution in [2.24, 2.45) is 5.41 Å². The van der Waals surface area contributed by atoms with Gasteiger partial charge in [0.2, 0.25) is 0 Å². The molecule has 25 heavy (non-hydrogen) atoms. The lowest BCUT2D eigenvalue weighted by atomic mass is 9.88. The van der Waals surface area contributed by atoms with Gasteiger partial charge in [-0.1, -0.05) is 26.8 Å². The molecule has 0 saturated heterocycles. The number of hydrogen-bond acceptors (Lipinski definition) is 3. The van der Waals surface area contributed by atoms with Crippen molar-refractivity contribution < 1.29 is 11.6 Å². The summed E-state index contributed by atoms with van der Waals surface area (Å²) in [5.74, 6) is 0. The summed E-state index contributed by atoms with van der Waals surface area (Å²) in [6.07, 6.45) is 0.181. The van der Waals surface area contributed by atoms with Crippen LogP contribution < -0.4 is 0 Å². The first-order chi connectivity index (χ1) is 12.8. The van der Waals surface area contributed by atoms with Crippen molar-refractivity contribution in [2.45, 2.75) is 27.1 Å². The van der Waals surface area contributed by atoms with E-state index in [2.05, 4.69) is 4.98 Å². The molecular weight excluding hydrogens is 310 g/mol. The monoisotopic (exact) mass is 331 g/mol. The van der Waals surface area contributed by atoms with Gasteiger partial charge in [-0.25, -0.2) is 0 Å². The second kappa shape index (κ2) is 4.85. The molecule has 5 aromatic rings. The summed E-state index contributed by atoms with van der Waals surface area (Å²) in [6, 6.07) is 13.2. The second-order valence-corrected chi connectivity index (χ2v) is 7.45. The molecule has 3 heterocycles. The van der Waals surface area contributed by atoms with E-state index < -0.39 is 11.8 Å². The van der Waals surface area contributed by atoms with Crippen molar-refractivity contribution >= 4 is 33.1 Å². The van der Waals surface area contributed by atoms with Gasteiger partial charge in [-0.15, -0.1) is 0 Å². The fraction of sp³-hybridized carbons (Fsp3) is 0.227. The smallest absolute Gasteiger partial charge is 0.148 e. The lowest BCUT2D eigenvalue weighted by Gasteiger charge is -2.18. The highest BCUT2D eigenvalue weighted by Gasteiger charge is 2.21. The summed E-state index contributed by atoms with van der Waals surface area (Å²) in [5, 5.41) is 1.95. The molecule has 3 heteroatoms. The van der Waals surface area contributed by atoms with Gasteiger partial charge in [-0.05, 0) is 53.7 Å². The van der Waals surface area contributed by atoms with Gasteiger partial charge < -0.3 is 8.83 Å². The molecule has 0 aliphatic carbocycles. The Bertz CT molecular complexity index is 1290. The van der Waals surface area contributed by atoms with Crippen LogP contribution in [0.15, 0.2) is 57.5 Å². The van der Waals surface area contributed by atoms with Crippen molar-refractivity contribution in [3.05, 3.63) is 54.2 Å². The van der Waals surface area contributed by atoms with E-state index in [4.69, 9.17) is 11.6 Å². The fourth-order valence-electron chi connectivity index (χ4n) is 3.44. The normalized spacial score (nSPS) is 14.5. The van der Waals surface area contributed by atoms with Gasteiger partial charge in [0.1, 0.15) is 22.3 Å². The summed E-state index contributed by atoms with van der Waals surface area (Å²) in [6.45, 7) is 5.71. The number of nitrogens with zero attached hydrogens (tertiary/aromatic N) is 1. The lowest BCUT2D eigenvalue weighted by Crippen LogP contribution is -2.09. The number of pyridine rings is 1.